The average molecular weight is 348 g/mol. The van der Waals surface area contributed by atoms with Gasteiger partial charge < -0.3 is 19.5 Å². The second kappa shape index (κ2) is 6.96. The van der Waals surface area contributed by atoms with Crippen molar-refractivity contribution in [3.05, 3.63) is 18.0 Å². The number of piperazine rings is 1. The van der Waals surface area contributed by atoms with Gasteiger partial charge >= 0.3 is 6.03 Å². The van der Waals surface area contributed by atoms with Gasteiger partial charge in [0.1, 0.15) is 6.26 Å². The highest BCUT2D eigenvalue weighted by Gasteiger charge is 2.59. The molecule has 1 spiro atoms. The number of amides is 2. The molecule has 0 bridgehead atoms. The Morgan fingerprint density at radius 1 is 1.40 bits per heavy atom. The molecule has 2 aliphatic carbocycles. The van der Waals surface area contributed by atoms with Gasteiger partial charge in [-0.25, -0.2) is 4.79 Å². The first-order chi connectivity index (χ1) is 12.2. The van der Waals surface area contributed by atoms with Gasteiger partial charge in [-0.15, -0.1) is 0 Å². The summed E-state index contributed by atoms with van der Waals surface area (Å²) >= 11 is 0. The summed E-state index contributed by atoms with van der Waals surface area (Å²) in [5, 5.41) is 7.24. The van der Waals surface area contributed by atoms with Crippen molar-refractivity contribution in [1.29, 1.82) is 0 Å². The second-order valence-corrected chi connectivity index (χ2v) is 7.52. The van der Waals surface area contributed by atoms with Gasteiger partial charge in [0.25, 0.3) is 0 Å². The molecule has 0 radical (unpaired) electrons. The quantitative estimate of drug-likeness (QED) is 0.879. The van der Waals surface area contributed by atoms with Crippen LogP contribution in [-0.2, 0) is 11.3 Å². The second-order valence-electron chi connectivity index (χ2n) is 7.52. The third-order valence-corrected chi connectivity index (χ3v) is 6.27. The van der Waals surface area contributed by atoms with Gasteiger partial charge in [-0.1, -0.05) is 11.6 Å². The summed E-state index contributed by atoms with van der Waals surface area (Å²) < 4.78 is 10.7. The van der Waals surface area contributed by atoms with E-state index in [1.165, 1.54) is 19.3 Å². The van der Waals surface area contributed by atoms with Crippen LogP contribution >= 0.6 is 0 Å². The molecule has 2 amide bonds. The predicted molar refractivity (Wildman–Crippen MR) is 92.0 cm³/mol. The van der Waals surface area contributed by atoms with Gasteiger partial charge in [0, 0.05) is 56.9 Å². The summed E-state index contributed by atoms with van der Waals surface area (Å²) in [7, 11) is 0. The fourth-order valence-corrected chi connectivity index (χ4v) is 4.54. The van der Waals surface area contributed by atoms with Crippen LogP contribution in [-0.4, -0.2) is 65.9 Å². The van der Waals surface area contributed by atoms with Crippen molar-refractivity contribution in [1.82, 2.24) is 20.3 Å². The number of ether oxygens (including phenoxy) is 1. The number of rotatable bonds is 5. The van der Waals surface area contributed by atoms with E-state index in [0.717, 1.165) is 51.4 Å². The predicted octanol–water partition coefficient (Wildman–Crippen LogP) is 1.85. The number of nitrogens with zero attached hydrogens (tertiary/aromatic N) is 3. The van der Waals surface area contributed by atoms with Crippen LogP contribution in [0.25, 0.3) is 0 Å². The summed E-state index contributed by atoms with van der Waals surface area (Å²) in [6, 6.07) is 2.27. The van der Waals surface area contributed by atoms with Crippen molar-refractivity contribution >= 4 is 6.03 Å². The number of hydrogen-bond acceptors (Lipinski definition) is 5. The van der Waals surface area contributed by atoms with Crippen molar-refractivity contribution in [2.75, 3.05) is 32.8 Å². The summed E-state index contributed by atoms with van der Waals surface area (Å²) in [6.07, 6.45) is 6.55. The molecule has 2 atom stereocenters. The molecule has 0 unspecified atom stereocenters. The number of nitrogens with one attached hydrogen (secondary N) is 1. The Balaban J connectivity index is 1.24. The van der Waals surface area contributed by atoms with Gasteiger partial charge in [-0.2, -0.15) is 0 Å². The lowest BCUT2D eigenvalue weighted by atomic mass is 9.51. The molecule has 0 aromatic carbocycles. The fraction of sp³-hybridized carbons (Fsp3) is 0.778. The molecular formula is C18H28N4O3. The van der Waals surface area contributed by atoms with E-state index in [9.17, 15) is 4.79 Å². The molecule has 2 heterocycles. The smallest absolute Gasteiger partial charge is 0.317 e. The number of urea groups is 1. The Kier molecular flexibility index (Phi) is 4.69. The van der Waals surface area contributed by atoms with Crippen LogP contribution in [0.3, 0.4) is 0 Å². The van der Waals surface area contributed by atoms with E-state index in [1.54, 1.807) is 6.26 Å². The zero-order valence-corrected chi connectivity index (χ0v) is 14.9. The molecular weight excluding hydrogens is 320 g/mol. The molecule has 1 aromatic heterocycles. The lowest BCUT2D eigenvalue weighted by molar-refractivity contribution is -0.170. The zero-order chi connectivity index (χ0) is 17.3. The van der Waals surface area contributed by atoms with Crippen LogP contribution in [0.15, 0.2) is 16.9 Å². The molecule has 1 aromatic rings. The Bertz CT molecular complexity index is 579. The van der Waals surface area contributed by atoms with Crippen LogP contribution in [0.4, 0.5) is 4.79 Å². The molecule has 25 heavy (non-hydrogen) atoms. The number of carbonyl (C=O) groups is 1. The maximum absolute atomic E-state index is 12.6. The Morgan fingerprint density at radius 3 is 2.80 bits per heavy atom. The summed E-state index contributed by atoms with van der Waals surface area (Å²) in [4.78, 5) is 16.9. The van der Waals surface area contributed by atoms with Crippen molar-refractivity contribution in [2.24, 2.45) is 5.41 Å². The van der Waals surface area contributed by atoms with Crippen LogP contribution in [0, 0.1) is 5.41 Å². The largest absolute Gasteiger partial charge is 0.378 e. The van der Waals surface area contributed by atoms with Crippen molar-refractivity contribution in [3.63, 3.8) is 0 Å². The fourth-order valence-electron chi connectivity index (χ4n) is 4.54. The third-order valence-electron chi connectivity index (χ3n) is 6.27. The minimum Gasteiger partial charge on any atom is -0.378 e. The van der Waals surface area contributed by atoms with Gasteiger partial charge in [-0.05, 0) is 26.2 Å². The Morgan fingerprint density at radius 2 is 2.20 bits per heavy atom. The molecule has 3 aliphatic rings. The molecule has 1 aliphatic heterocycles. The SMILES string of the molecule is CCO[C@H]1C[C@@H](NC(=O)N2CCN(Cc3ccon3)CC2)C12CCC2. The van der Waals surface area contributed by atoms with Gasteiger partial charge in [0.05, 0.1) is 11.8 Å². The summed E-state index contributed by atoms with van der Waals surface area (Å²) in [6.45, 7) is 6.87. The molecule has 2 saturated carbocycles. The number of aromatic nitrogens is 1. The van der Waals surface area contributed by atoms with Gasteiger partial charge in [-0.3, -0.25) is 4.90 Å². The van der Waals surface area contributed by atoms with Crippen molar-refractivity contribution in [2.45, 2.75) is 51.3 Å². The lowest BCUT2D eigenvalue weighted by Gasteiger charge is -2.61. The average Bonchev–Trinajstić information content (AvgIpc) is 3.06. The topological polar surface area (TPSA) is 70.8 Å². The third kappa shape index (κ3) is 3.15. The first kappa shape index (κ1) is 16.8. The highest BCUT2D eigenvalue weighted by atomic mass is 16.5. The van der Waals surface area contributed by atoms with E-state index < -0.39 is 0 Å². The van der Waals surface area contributed by atoms with Gasteiger partial charge in [0.15, 0.2) is 0 Å². The molecule has 3 fully saturated rings. The van der Waals surface area contributed by atoms with E-state index >= 15 is 0 Å². The first-order valence-electron chi connectivity index (χ1n) is 9.50. The van der Waals surface area contributed by atoms with Crippen LogP contribution in [0.2, 0.25) is 0 Å². The normalized spacial score (nSPS) is 28.4. The zero-order valence-electron chi connectivity index (χ0n) is 14.9. The lowest BCUT2D eigenvalue weighted by Crippen LogP contribution is -2.69. The maximum Gasteiger partial charge on any atom is 0.317 e. The van der Waals surface area contributed by atoms with Crippen molar-refractivity contribution < 1.29 is 14.1 Å². The molecule has 4 rings (SSSR count). The minimum atomic E-state index is 0.0901. The minimum absolute atomic E-state index is 0.0901. The Labute approximate surface area is 148 Å². The number of carbonyl (C=O) groups excluding carboxylic acids is 1. The van der Waals surface area contributed by atoms with Crippen LogP contribution in [0.1, 0.15) is 38.3 Å². The number of hydrogen-bond donors (Lipinski definition) is 1. The highest BCUT2D eigenvalue weighted by Crippen LogP contribution is 2.57. The standard InChI is InChI=1S/C18H28N4O3/c1-2-24-16-12-15(18(16)5-3-6-18)19-17(23)22-9-7-21(8-10-22)13-14-4-11-25-20-14/h4,11,15-16H,2-3,5-10,12-13H2,1H3,(H,19,23)/t15-,16+/m1/s1. The Hall–Kier alpha value is -1.60. The van der Waals surface area contributed by atoms with E-state index in [0.29, 0.717) is 12.1 Å². The molecule has 1 saturated heterocycles. The molecule has 7 heteroatoms. The first-order valence-corrected chi connectivity index (χ1v) is 9.50. The molecule has 138 valence electrons. The highest BCUT2D eigenvalue weighted by molar-refractivity contribution is 5.75. The monoisotopic (exact) mass is 348 g/mol. The van der Waals surface area contributed by atoms with E-state index in [2.05, 4.69) is 22.3 Å². The van der Waals surface area contributed by atoms with Gasteiger partial charge in [0.2, 0.25) is 0 Å². The summed E-state index contributed by atoms with van der Waals surface area (Å²) in [5.41, 5.74) is 1.17. The molecule has 1 N–H and O–H groups in total. The van der Waals surface area contributed by atoms with Crippen LogP contribution < -0.4 is 5.32 Å². The van der Waals surface area contributed by atoms with Crippen LogP contribution in [0.5, 0.6) is 0 Å². The van der Waals surface area contributed by atoms with E-state index in [-0.39, 0.29) is 11.4 Å². The van der Waals surface area contributed by atoms with E-state index in [4.69, 9.17) is 9.26 Å². The maximum atomic E-state index is 12.6. The van der Waals surface area contributed by atoms with E-state index in [1.807, 2.05) is 11.0 Å². The van der Waals surface area contributed by atoms with Crippen molar-refractivity contribution in [3.8, 4) is 0 Å². The summed E-state index contributed by atoms with van der Waals surface area (Å²) in [5.74, 6) is 0. The molecule has 7 nitrogen and oxygen atoms in total.